The second kappa shape index (κ2) is 7.43. The van der Waals surface area contributed by atoms with Gasteiger partial charge in [0.15, 0.2) is 0 Å². The lowest BCUT2D eigenvalue weighted by molar-refractivity contribution is -0.139. The summed E-state index contributed by atoms with van der Waals surface area (Å²) in [4.78, 5) is 11.4. The molecule has 1 rings (SSSR count). The van der Waals surface area contributed by atoms with E-state index in [1.807, 2.05) is 31.2 Å². The number of esters is 1. The zero-order chi connectivity index (χ0) is 14.4. The highest BCUT2D eigenvalue weighted by Gasteiger charge is 2.17. The van der Waals surface area contributed by atoms with E-state index in [2.05, 4.69) is 18.6 Å². The van der Waals surface area contributed by atoms with Crippen molar-refractivity contribution in [3.8, 4) is 0 Å². The highest BCUT2D eigenvalue weighted by Crippen LogP contribution is 2.17. The molecule has 106 valence electrons. The lowest BCUT2D eigenvalue weighted by Crippen LogP contribution is -2.19. The maximum Gasteiger partial charge on any atom is 0.309 e. The minimum atomic E-state index is -0.925. The quantitative estimate of drug-likeness (QED) is 0.753. The first-order valence-electron chi connectivity index (χ1n) is 6.46. The van der Waals surface area contributed by atoms with Crippen molar-refractivity contribution in [3.05, 3.63) is 35.4 Å². The second-order valence-electron chi connectivity index (χ2n) is 5.00. The van der Waals surface area contributed by atoms with Gasteiger partial charge in [-0.25, -0.2) is 0 Å². The number of carbonyl (C=O) groups is 1. The fourth-order valence-electron chi connectivity index (χ4n) is 1.69. The summed E-state index contributed by atoms with van der Waals surface area (Å²) in [6.07, 6.45) is 0.236. The molecule has 0 aromatic heterocycles. The Kier molecular flexibility index (Phi) is 6.22. The van der Waals surface area contributed by atoms with Crippen molar-refractivity contribution in [1.82, 2.24) is 0 Å². The third kappa shape index (κ3) is 4.78. The van der Waals surface area contributed by atoms with Gasteiger partial charge in [0.1, 0.15) is 0 Å². The zero-order valence-electron chi connectivity index (χ0n) is 12.0. The van der Waals surface area contributed by atoms with Crippen LogP contribution in [0.15, 0.2) is 24.3 Å². The van der Waals surface area contributed by atoms with E-state index in [4.69, 9.17) is 0 Å². The molecule has 0 aliphatic rings. The van der Waals surface area contributed by atoms with Gasteiger partial charge in [-0.15, -0.1) is 0 Å². The molecule has 0 fully saturated rings. The van der Waals surface area contributed by atoms with Gasteiger partial charge in [0.25, 0.3) is 0 Å². The number of benzene rings is 1. The molecule has 4 heteroatoms. The van der Waals surface area contributed by atoms with E-state index in [1.54, 1.807) is 0 Å². The van der Waals surface area contributed by atoms with Crippen LogP contribution in [0.4, 0.5) is 0 Å². The van der Waals surface area contributed by atoms with E-state index in [0.29, 0.717) is 11.7 Å². The highest BCUT2D eigenvalue weighted by atomic mass is 32.2. The van der Waals surface area contributed by atoms with Crippen LogP contribution in [-0.2, 0) is 32.5 Å². The van der Waals surface area contributed by atoms with Crippen molar-refractivity contribution in [1.29, 1.82) is 0 Å². The summed E-state index contributed by atoms with van der Waals surface area (Å²) in [5.41, 5.74) is 1.87. The Labute approximate surface area is 117 Å². The third-order valence-electron chi connectivity index (χ3n) is 3.33. The largest absolute Gasteiger partial charge is 0.469 e. The monoisotopic (exact) mass is 282 g/mol. The van der Waals surface area contributed by atoms with Crippen LogP contribution in [-0.4, -0.2) is 22.5 Å². The topological polar surface area (TPSA) is 43.4 Å². The maximum atomic E-state index is 12.3. The lowest BCUT2D eigenvalue weighted by atomic mass is 10.1. The van der Waals surface area contributed by atoms with Crippen molar-refractivity contribution in [2.24, 2.45) is 5.92 Å². The molecule has 0 aliphatic carbocycles. The fourth-order valence-corrected chi connectivity index (χ4v) is 3.14. The Morgan fingerprint density at radius 1 is 1.21 bits per heavy atom. The predicted molar refractivity (Wildman–Crippen MR) is 78.3 cm³/mol. The highest BCUT2D eigenvalue weighted by molar-refractivity contribution is 7.84. The molecule has 0 amide bonds. The zero-order valence-corrected chi connectivity index (χ0v) is 12.8. The minimum Gasteiger partial charge on any atom is -0.469 e. The number of methoxy groups -OCH3 is 1. The van der Waals surface area contributed by atoms with Crippen molar-refractivity contribution in [2.45, 2.75) is 38.2 Å². The number of rotatable bonds is 6. The van der Waals surface area contributed by atoms with Crippen LogP contribution in [0, 0.1) is 5.92 Å². The van der Waals surface area contributed by atoms with Crippen LogP contribution in [0.1, 0.15) is 31.9 Å². The Morgan fingerprint density at radius 2 is 1.79 bits per heavy atom. The molecule has 2 unspecified atom stereocenters. The smallest absolute Gasteiger partial charge is 0.309 e. The maximum absolute atomic E-state index is 12.3. The summed E-state index contributed by atoms with van der Waals surface area (Å²) < 4.78 is 16.9. The summed E-state index contributed by atoms with van der Waals surface area (Å²) in [7, 11) is 0.454. The molecule has 0 saturated carbocycles. The van der Waals surface area contributed by atoms with Crippen LogP contribution in [0.25, 0.3) is 0 Å². The van der Waals surface area contributed by atoms with Gasteiger partial charge in [-0.2, -0.15) is 0 Å². The van der Waals surface area contributed by atoms with Crippen molar-refractivity contribution >= 4 is 16.8 Å². The van der Waals surface area contributed by atoms with Crippen molar-refractivity contribution < 1.29 is 13.7 Å². The van der Waals surface area contributed by atoms with Gasteiger partial charge in [-0.3, -0.25) is 9.00 Å². The Morgan fingerprint density at radius 3 is 2.32 bits per heavy atom. The summed E-state index contributed by atoms with van der Waals surface area (Å²) in [5.74, 6) is 0.607. The normalized spacial score (nSPS) is 14.2. The molecule has 19 heavy (non-hydrogen) atoms. The second-order valence-corrected chi connectivity index (χ2v) is 6.79. The Hall–Kier alpha value is -1.16. The van der Waals surface area contributed by atoms with Crippen LogP contribution in [0.2, 0.25) is 0 Å². The van der Waals surface area contributed by atoms with Gasteiger partial charge in [0, 0.05) is 21.8 Å². The number of ether oxygens (including phenoxy) is 1. The average molecular weight is 282 g/mol. The van der Waals surface area contributed by atoms with Gasteiger partial charge in [0.2, 0.25) is 0 Å². The van der Waals surface area contributed by atoms with Gasteiger partial charge in [-0.1, -0.05) is 45.0 Å². The molecule has 2 atom stereocenters. The molecular formula is C15H22O3S. The molecule has 0 radical (unpaired) electrons. The van der Waals surface area contributed by atoms with E-state index < -0.39 is 10.8 Å². The van der Waals surface area contributed by atoms with Crippen molar-refractivity contribution in [2.75, 3.05) is 7.11 Å². The first kappa shape index (κ1) is 15.9. The predicted octanol–water partition coefficient (Wildman–Crippen LogP) is 2.70. The van der Waals surface area contributed by atoms with E-state index in [0.717, 1.165) is 11.1 Å². The molecule has 0 aliphatic heterocycles. The molecule has 0 N–H and O–H groups in total. The Balaban J connectivity index is 2.83. The standard InChI is InChI=1S/C15H22O3S/c1-11(2)12(3)19(17)10-14-8-6-5-7-13(14)9-15(16)18-4/h5-8,11-12H,9-10H2,1-4H3. The lowest BCUT2D eigenvalue weighted by Gasteiger charge is -2.16. The number of hydrogen-bond donors (Lipinski definition) is 0. The van der Waals surface area contributed by atoms with E-state index in [9.17, 15) is 9.00 Å². The van der Waals surface area contributed by atoms with Gasteiger partial charge < -0.3 is 4.74 Å². The molecule has 0 heterocycles. The summed E-state index contributed by atoms with van der Waals surface area (Å²) in [5, 5.41) is 0.145. The van der Waals surface area contributed by atoms with Crippen LogP contribution in [0.3, 0.4) is 0 Å². The fraction of sp³-hybridized carbons (Fsp3) is 0.533. The van der Waals surface area contributed by atoms with Gasteiger partial charge in [-0.05, 0) is 17.0 Å². The molecule has 0 bridgehead atoms. The van der Waals surface area contributed by atoms with E-state index in [1.165, 1.54) is 7.11 Å². The van der Waals surface area contributed by atoms with Gasteiger partial charge >= 0.3 is 5.97 Å². The first-order chi connectivity index (χ1) is 8.95. The van der Waals surface area contributed by atoms with E-state index >= 15 is 0 Å². The molecule has 3 nitrogen and oxygen atoms in total. The SMILES string of the molecule is COC(=O)Cc1ccccc1CS(=O)C(C)C(C)C. The minimum absolute atomic E-state index is 0.145. The molecule has 0 spiro atoms. The average Bonchev–Trinajstić information content (AvgIpc) is 2.39. The summed E-state index contributed by atoms with van der Waals surface area (Å²) in [6, 6.07) is 7.62. The van der Waals surface area contributed by atoms with Crippen LogP contribution in [0.5, 0.6) is 0 Å². The molecule has 1 aromatic carbocycles. The summed E-state index contributed by atoms with van der Waals surface area (Å²) in [6.45, 7) is 6.15. The first-order valence-corrected chi connectivity index (χ1v) is 7.84. The molecule has 0 saturated heterocycles. The van der Waals surface area contributed by atoms with E-state index in [-0.39, 0.29) is 17.6 Å². The van der Waals surface area contributed by atoms with Gasteiger partial charge in [0.05, 0.1) is 13.5 Å². The third-order valence-corrected chi connectivity index (χ3v) is 5.30. The van der Waals surface area contributed by atoms with Crippen molar-refractivity contribution in [3.63, 3.8) is 0 Å². The molecule has 1 aromatic rings. The number of carbonyl (C=O) groups excluding carboxylic acids is 1. The number of hydrogen-bond acceptors (Lipinski definition) is 3. The molecular weight excluding hydrogens is 260 g/mol. The summed E-state index contributed by atoms with van der Waals surface area (Å²) >= 11 is 0. The Bertz CT molecular complexity index is 454. The van der Waals surface area contributed by atoms with Crippen LogP contribution >= 0.6 is 0 Å². The van der Waals surface area contributed by atoms with Crippen LogP contribution < -0.4 is 0 Å².